The van der Waals surface area contributed by atoms with Crippen LogP contribution < -0.4 is 5.32 Å². The van der Waals surface area contributed by atoms with Crippen LogP contribution in [-0.4, -0.2) is 55.1 Å². The van der Waals surface area contributed by atoms with E-state index in [2.05, 4.69) is 36.1 Å². The highest BCUT2D eigenvalue weighted by atomic mass is 16.2. The van der Waals surface area contributed by atoms with Crippen LogP contribution in [0.5, 0.6) is 0 Å². The average Bonchev–Trinajstić information content (AvgIpc) is 3.01. The summed E-state index contributed by atoms with van der Waals surface area (Å²) in [6, 6.07) is 0.0740. The van der Waals surface area contributed by atoms with E-state index in [4.69, 9.17) is 0 Å². The molecule has 1 aliphatic carbocycles. The second-order valence-corrected chi connectivity index (χ2v) is 6.69. The molecule has 1 aliphatic heterocycles. The number of amides is 1. The Morgan fingerprint density at radius 3 is 2.60 bits per heavy atom. The summed E-state index contributed by atoms with van der Waals surface area (Å²) in [5.74, 6) is 1.03. The molecular formula is C16H31N3O. The minimum atomic E-state index is 0.0740. The second kappa shape index (κ2) is 7.41. The molecule has 2 rings (SSSR count). The Labute approximate surface area is 123 Å². The molecular weight excluding hydrogens is 250 g/mol. The highest BCUT2D eigenvalue weighted by molar-refractivity contribution is 5.84. The minimum absolute atomic E-state index is 0.0740. The van der Waals surface area contributed by atoms with Crippen molar-refractivity contribution in [3.63, 3.8) is 0 Å². The maximum absolute atomic E-state index is 12.6. The Morgan fingerprint density at radius 1 is 1.30 bits per heavy atom. The van der Waals surface area contributed by atoms with Gasteiger partial charge >= 0.3 is 0 Å². The Balaban J connectivity index is 1.96. The maximum Gasteiger partial charge on any atom is 0.241 e. The third-order valence-corrected chi connectivity index (χ3v) is 4.72. The van der Waals surface area contributed by atoms with Gasteiger partial charge in [-0.1, -0.05) is 26.2 Å². The predicted molar refractivity (Wildman–Crippen MR) is 82.5 cm³/mol. The van der Waals surface area contributed by atoms with Crippen LogP contribution in [0.15, 0.2) is 0 Å². The summed E-state index contributed by atoms with van der Waals surface area (Å²) < 4.78 is 0. The minimum Gasteiger partial charge on any atom is -0.325 e. The highest BCUT2D eigenvalue weighted by Gasteiger charge is 2.42. The molecule has 1 heterocycles. The van der Waals surface area contributed by atoms with E-state index in [1.54, 1.807) is 0 Å². The molecule has 1 saturated heterocycles. The molecule has 0 aromatic rings. The molecule has 1 N–H and O–H groups in total. The Kier molecular flexibility index (Phi) is 5.85. The third-order valence-electron chi connectivity index (χ3n) is 4.72. The van der Waals surface area contributed by atoms with Gasteiger partial charge in [-0.25, -0.2) is 0 Å². The third kappa shape index (κ3) is 3.73. The van der Waals surface area contributed by atoms with Gasteiger partial charge in [0.1, 0.15) is 0 Å². The van der Waals surface area contributed by atoms with Gasteiger partial charge in [-0.15, -0.1) is 0 Å². The number of carbonyl (C=O) groups excluding carboxylic acids is 1. The zero-order valence-electron chi connectivity index (χ0n) is 13.4. The molecule has 1 amide bonds. The van der Waals surface area contributed by atoms with E-state index in [0.717, 1.165) is 32.4 Å². The van der Waals surface area contributed by atoms with Crippen molar-refractivity contribution in [2.75, 3.05) is 27.2 Å². The molecule has 2 unspecified atom stereocenters. The molecule has 4 nitrogen and oxygen atoms in total. The quantitative estimate of drug-likeness (QED) is 0.776. The standard InChI is InChI=1S/C16H31N3O/c1-4-8-14-16(20)19(12-7-11-18(2)3)15(17-14)13-9-5-6-10-13/h13-15,17H,4-12H2,1-3H3. The van der Waals surface area contributed by atoms with Gasteiger partial charge in [-0.3, -0.25) is 10.1 Å². The van der Waals surface area contributed by atoms with Gasteiger partial charge in [-0.2, -0.15) is 0 Å². The molecule has 1 saturated carbocycles. The van der Waals surface area contributed by atoms with Crippen LogP contribution in [0.3, 0.4) is 0 Å². The van der Waals surface area contributed by atoms with E-state index in [9.17, 15) is 4.79 Å². The zero-order chi connectivity index (χ0) is 14.5. The van der Waals surface area contributed by atoms with Gasteiger partial charge in [0.05, 0.1) is 12.2 Å². The van der Waals surface area contributed by atoms with E-state index in [1.807, 2.05) is 0 Å². The van der Waals surface area contributed by atoms with Crippen LogP contribution >= 0.6 is 0 Å². The van der Waals surface area contributed by atoms with Crippen molar-refractivity contribution in [2.24, 2.45) is 5.92 Å². The van der Waals surface area contributed by atoms with E-state index in [0.29, 0.717) is 18.0 Å². The summed E-state index contributed by atoms with van der Waals surface area (Å²) in [4.78, 5) is 16.9. The Hall–Kier alpha value is -0.610. The first-order valence-corrected chi connectivity index (χ1v) is 8.34. The van der Waals surface area contributed by atoms with Crippen molar-refractivity contribution in [3.8, 4) is 0 Å². The van der Waals surface area contributed by atoms with Gasteiger partial charge in [0.2, 0.25) is 5.91 Å². The highest BCUT2D eigenvalue weighted by Crippen LogP contribution is 2.32. The summed E-state index contributed by atoms with van der Waals surface area (Å²) >= 11 is 0. The smallest absolute Gasteiger partial charge is 0.241 e. The lowest BCUT2D eigenvalue weighted by Crippen LogP contribution is -2.43. The van der Waals surface area contributed by atoms with Crippen LogP contribution in [-0.2, 0) is 4.79 Å². The van der Waals surface area contributed by atoms with E-state index in [-0.39, 0.29) is 6.04 Å². The average molecular weight is 281 g/mol. The van der Waals surface area contributed by atoms with Gasteiger partial charge in [0.25, 0.3) is 0 Å². The number of hydrogen-bond acceptors (Lipinski definition) is 3. The van der Waals surface area contributed by atoms with E-state index in [1.165, 1.54) is 25.7 Å². The van der Waals surface area contributed by atoms with Gasteiger partial charge < -0.3 is 9.80 Å². The van der Waals surface area contributed by atoms with Gasteiger partial charge in [0.15, 0.2) is 0 Å². The molecule has 2 fully saturated rings. The van der Waals surface area contributed by atoms with Crippen molar-refractivity contribution in [2.45, 2.75) is 64.1 Å². The summed E-state index contributed by atoms with van der Waals surface area (Å²) in [5.41, 5.74) is 0. The van der Waals surface area contributed by atoms with Crippen molar-refractivity contribution < 1.29 is 4.79 Å². The van der Waals surface area contributed by atoms with E-state index >= 15 is 0 Å². The lowest BCUT2D eigenvalue weighted by atomic mass is 10.0. The van der Waals surface area contributed by atoms with Crippen molar-refractivity contribution >= 4 is 5.91 Å². The zero-order valence-corrected chi connectivity index (χ0v) is 13.4. The van der Waals surface area contributed by atoms with Crippen LogP contribution in [0.4, 0.5) is 0 Å². The topological polar surface area (TPSA) is 35.6 Å². The summed E-state index contributed by atoms with van der Waals surface area (Å²) in [5, 5.41) is 3.63. The first-order valence-electron chi connectivity index (χ1n) is 8.34. The first kappa shape index (κ1) is 15.8. The van der Waals surface area contributed by atoms with Crippen molar-refractivity contribution in [3.05, 3.63) is 0 Å². The molecule has 0 spiro atoms. The van der Waals surface area contributed by atoms with Crippen molar-refractivity contribution in [1.82, 2.24) is 15.1 Å². The Morgan fingerprint density at radius 2 is 2.00 bits per heavy atom. The molecule has 0 aromatic carbocycles. The number of nitrogens with zero attached hydrogens (tertiary/aromatic N) is 2. The summed E-state index contributed by atoms with van der Waals surface area (Å²) in [7, 11) is 4.19. The van der Waals surface area contributed by atoms with E-state index < -0.39 is 0 Å². The monoisotopic (exact) mass is 281 g/mol. The molecule has 116 valence electrons. The SMILES string of the molecule is CCCC1NC(C2CCCC2)N(CCCN(C)C)C1=O. The molecule has 20 heavy (non-hydrogen) atoms. The second-order valence-electron chi connectivity index (χ2n) is 6.69. The summed E-state index contributed by atoms with van der Waals surface area (Å²) in [6.45, 7) is 4.12. The first-order chi connectivity index (χ1) is 9.63. The van der Waals surface area contributed by atoms with Crippen molar-refractivity contribution in [1.29, 1.82) is 0 Å². The van der Waals surface area contributed by atoms with Gasteiger partial charge in [-0.05, 0) is 52.2 Å². The van der Waals surface area contributed by atoms with Crippen LogP contribution in [0, 0.1) is 5.92 Å². The summed E-state index contributed by atoms with van der Waals surface area (Å²) in [6.07, 6.45) is 8.68. The fourth-order valence-corrected chi connectivity index (χ4v) is 3.67. The Bertz CT molecular complexity index is 313. The molecule has 2 atom stereocenters. The molecule has 0 bridgehead atoms. The largest absolute Gasteiger partial charge is 0.325 e. The van der Waals surface area contributed by atoms with Crippen LogP contribution in [0.2, 0.25) is 0 Å². The number of hydrogen-bond donors (Lipinski definition) is 1. The lowest BCUT2D eigenvalue weighted by molar-refractivity contribution is -0.130. The van der Waals surface area contributed by atoms with Crippen LogP contribution in [0.25, 0.3) is 0 Å². The molecule has 2 aliphatic rings. The maximum atomic E-state index is 12.6. The number of carbonyl (C=O) groups is 1. The van der Waals surface area contributed by atoms with Gasteiger partial charge in [0, 0.05) is 6.54 Å². The number of rotatable bonds is 7. The normalized spacial score (nSPS) is 28.0. The number of nitrogens with one attached hydrogen (secondary N) is 1. The fraction of sp³-hybridized carbons (Fsp3) is 0.938. The molecule has 0 aromatic heterocycles. The fourth-order valence-electron chi connectivity index (χ4n) is 3.67. The predicted octanol–water partition coefficient (Wildman–Crippen LogP) is 2.05. The molecule has 0 radical (unpaired) electrons. The molecule has 4 heteroatoms. The lowest BCUT2D eigenvalue weighted by Gasteiger charge is -2.29. The van der Waals surface area contributed by atoms with Crippen LogP contribution in [0.1, 0.15) is 51.9 Å².